The number of ether oxygens (including phenoxy) is 2. The Hall–Kier alpha value is -4.40. The second-order valence-electron chi connectivity index (χ2n) is 8.48. The topological polar surface area (TPSA) is 124 Å². The average Bonchev–Trinajstić information content (AvgIpc) is 2.92. The number of anilines is 2. The highest BCUT2D eigenvalue weighted by molar-refractivity contribution is 5.96. The van der Waals surface area contributed by atoms with Crippen molar-refractivity contribution in [1.29, 1.82) is 0 Å². The minimum Gasteiger partial charge on any atom is -0.497 e. The van der Waals surface area contributed by atoms with E-state index in [0.29, 0.717) is 54.3 Å². The Kier molecular flexibility index (Phi) is 7.79. The van der Waals surface area contributed by atoms with Gasteiger partial charge in [0.2, 0.25) is 12.0 Å². The molecule has 1 aromatic heterocycles. The second kappa shape index (κ2) is 11.4. The largest absolute Gasteiger partial charge is 0.497 e. The standard InChI is InChI=1S/C27H28N4O5/c1-35-22-10-8-21(9-11-22)30-26(33)24(18-5-3-2-4-6-18)36-27(34)19-13-15-31(16-14-19)23-12-7-20(17-29-23)25(28)32/h2-12,17,19,24H,13-16H2,1H3,(H2,28,32)(H,30,33)/t24-/m1/s1. The van der Waals surface area contributed by atoms with Crippen molar-refractivity contribution >= 4 is 29.3 Å². The Morgan fingerprint density at radius 3 is 2.28 bits per heavy atom. The van der Waals surface area contributed by atoms with Crippen LogP contribution in [0.5, 0.6) is 5.75 Å². The number of methoxy groups -OCH3 is 1. The Balaban J connectivity index is 1.40. The van der Waals surface area contributed by atoms with Crippen LogP contribution in [0.1, 0.15) is 34.9 Å². The highest BCUT2D eigenvalue weighted by atomic mass is 16.5. The Morgan fingerprint density at radius 2 is 1.69 bits per heavy atom. The number of rotatable bonds is 8. The number of hydrogen-bond acceptors (Lipinski definition) is 7. The van der Waals surface area contributed by atoms with Gasteiger partial charge in [0.05, 0.1) is 18.6 Å². The molecule has 0 bridgehead atoms. The predicted octanol–water partition coefficient (Wildman–Crippen LogP) is 3.33. The number of benzene rings is 2. The third-order valence-electron chi connectivity index (χ3n) is 6.12. The number of aromatic nitrogens is 1. The molecule has 9 heteroatoms. The maximum atomic E-state index is 13.1. The van der Waals surface area contributed by atoms with E-state index in [1.165, 1.54) is 6.20 Å². The van der Waals surface area contributed by atoms with Gasteiger partial charge in [-0.25, -0.2) is 4.98 Å². The molecule has 4 rings (SSSR count). The molecule has 0 saturated carbocycles. The fourth-order valence-electron chi connectivity index (χ4n) is 4.06. The first-order valence-electron chi connectivity index (χ1n) is 11.7. The van der Waals surface area contributed by atoms with Crippen molar-refractivity contribution in [3.05, 3.63) is 84.1 Å². The van der Waals surface area contributed by atoms with Crippen LogP contribution in [0, 0.1) is 5.92 Å². The molecule has 0 radical (unpaired) electrons. The van der Waals surface area contributed by atoms with E-state index < -0.39 is 23.9 Å². The number of amides is 2. The molecule has 1 fully saturated rings. The highest BCUT2D eigenvalue weighted by Gasteiger charge is 2.32. The summed E-state index contributed by atoms with van der Waals surface area (Å²) in [5.41, 5.74) is 6.78. The van der Waals surface area contributed by atoms with Crippen LogP contribution in [0.25, 0.3) is 0 Å². The lowest BCUT2D eigenvalue weighted by Crippen LogP contribution is -2.38. The van der Waals surface area contributed by atoms with Crippen LogP contribution < -0.4 is 20.7 Å². The SMILES string of the molecule is COc1ccc(NC(=O)[C@H](OC(=O)C2CCN(c3ccc(C(N)=O)cn3)CC2)c2ccccc2)cc1. The molecular weight excluding hydrogens is 460 g/mol. The van der Waals surface area contributed by atoms with Gasteiger partial charge in [0, 0.05) is 30.5 Å². The van der Waals surface area contributed by atoms with Gasteiger partial charge < -0.3 is 25.4 Å². The van der Waals surface area contributed by atoms with Gasteiger partial charge in [0.25, 0.3) is 5.91 Å². The number of primary amides is 1. The van der Waals surface area contributed by atoms with Gasteiger partial charge in [0.15, 0.2) is 0 Å². The summed E-state index contributed by atoms with van der Waals surface area (Å²) in [5.74, 6) is -0.329. The second-order valence-corrected chi connectivity index (χ2v) is 8.48. The summed E-state index contributed by atoms with van der Waals surface area (Å²) in [7, 11) is 1.57. The first-order chi connectivity index (χ1) is 17.4. The lowest BCUT2D eigenvalue weighted by atomic mass is 9.96. The molecule has 9 nitrogen and oxygen atoms in total. The maximum absolute atomic E-state index is 13.1. The number of carbonyl (C=O) groups excluding carboxylic acids is 3. The van der Waals surface area contributed by atoms with Crippen LogP contribution in [0.4, 0.5) is 11.5 Å². The van der Waals surface area contributed by atoms with Gasteiger partial charge in [-0.2, -0.15) is 0 Å². The van der Waals surface area contributed by atoms with Crippen LogP contribution in [-0.4, -0.2) is 43.0 Å². The van der Waals surface area contributed by atoms with E-state index in [9.17, 15) is 14.4 Å². The van der Waals surface area contributed by atoms with Crippen molar-refractivity contribution in [2.24, 2.45) is 11.7 Å². The number of hydrogen-bond donors (Lipinski definition) is 2. The van der Waals surface area contributed by atoms with E-state index in [-0.39, 0.29) is 5.92 Å². The van der Waals surface area contributed by atoms with E-state index in [4.69, 9.17) is 15.2 Å². The van der Waals surface area contributed by atoms with E-state index in [1.54, 1.807) is 67.8 Å². The van der Waals surface area contributed by atoms with E-state index in [2.05, 4.69) is 10.3 Å². The van der Waals surface area contributed by atoms with Crippen LogP contribution in [-0.2, 0) is 14.3 Å². The molecule has 186 valence electrons. The summed E-state index contributed by atoms with van der Waals surface area (Å²) >= 11 is 0. The van der Waals surface area contributed by atoms with Gasteiger partial charge >= 0.3 is 5.97 Å². The molecule has 1 aliphatic rings. The van der Waals surface area contributed by atoms with Crippen molar-refractivity contribution in [1.82, 2.24) is 4.98 Å². The van der Waals surface area contributed by atoms with Crippen LogP contribution in [0.3, 0.4) is 0 Å². The zero-order valence-corrected chi connectivity index (χ0v) is 19.9. The summed E-state index contributed by atoms with van der Waals surface area (Å²) in [6.45, 7) is 1.19. The Morgan fingerprint density at radius 1 is 1.00 bits per heavy atom. The fraction of sp³-hybridized carbons (Fsp3) is 0.259. The van der Waals surface area contributed by atoms with E-state index in [0.717, 1.165) is 0 Å². The quantitative estimate of drug-likeness (QED) is 0.466. The molecule has 0 unspecified atom stereocenters. The average molecular weight is 489 g/mol. The molecule has 3 aromatic rings. The minimum absolute atomic E-state index is 0.342. The fourth-order valence-corrected chi connectivity index (χ4v) is 4.06. The summed E-state index contributed by atoms with van der Waals surface area (Å²) in [5, 5.41) is 2.82. The van der Waals surface area contributed by atoms with E-state index >= 15 is 0 Å². The molecule has 36 heavy (non-hydrogen) atoms. The minimum atomic E-state index is -1.08. The number of esters is 1. The van der Waals surface area contributed by atoms with Crippen LogP contribution >= 0.6 is 0 Å². The first kappa shape index (κ1) is 24.7. The molecule has 1 aliphatic heterocycles. The Bertz CT molecular complexity index is 1190. The van der Waals surface area contributed by atoms with Crippen molar-refractivity contribution in [3.8, 4) is 5.75 Å². The summed E-state index contributed by atoms with van der Waals surface area (Å²) in [6.07, 6.45) is 1.48. The number of pyridine rings is 1. The molecule has 0 aliphatic carbocycles. The van der Waals surface area contributed by atoms with Crippen molar-refractivity contribution in [2.75, 3.05) is 30.4 Å². The molecule has 0 spiro atoms. The van der Waals surface area contributed by atoms with Gasteiger partial charge in [0.1, 0.15) is 11.6 Å². The lowest BCUT2D eigenvalue weighted by Gasteiger charge is -2.32. The first-order valence-corrected chi connectivity index (χ1v) is 11.7. The molecule has 1 atom stereocenters. The number of carbonyl (C=O) groups is 3. The molecule has 2 amide bonds. The number of nitrogens with zero attached hydrogens (tertiary/aromatic N) is 2. The molecule has 3 N–H and O–H groups in total. The molecule has 1 saturated heterocycles. The smallest absolute Gasteiger partial charge is 0.310 e. The number of nitrogens with two attached hydrogens (primary N) is 1. The van der Waals surface area contributed by atoms with Crippen molar-refractivity contribution < 1.29 is 23.9 Å². The molecule has 2 heterocycles. The zero-order chi connectivity index (χ0) is 25.5. The zero-order valence-electron chi connectivity index (χ0n) is 19.9. The maximum Gasteiger partial charge on any atom is 0.310 e. The Labute approximate surface area is 209 Å². The van der Waals surface area contributed by atoms with Crippen LogP contribution in [0.2, 0.25) is 0 Å². The van der Waals surface area contributed by atoms with Gasteiger partial charge in [-0.3, -0.25) is 14.4 Å². The molecular formula is C27H28N4O5. The third-order valence-corrected chi connectivity index (χ3v) is 6.12. The van der Waals surface area contributed by atoms with E-state index in [1.807, 2.05) is 11.0 Å². The summed E-state index contributed by atoms with van der Waals surface area (Å²) < 4.78 is 10.9. The van der Waals surface area contributed by atoms with Gasteiger partial charge in [-0.15, -0.1) is 0 Å². The molecule has 2 aromatic carbocycles. The lowest BCUT2D eigenvalue weighted by molar-refractivity contribution is -0.159. The predicted molar refractivity (Wildman–Crippen MR) is 135 cm³/mol. The normalized spacial score (nSPS) is 14.5. The van der Waals surface area contributed by atoms with Gasteiger partial charge in [-0.1, -0.05) is 30.3 Å². The summed E-state index contributed by atoms with van der Waals surface area (Å²) in [4.78, 5) is 43.8. The van der Waals surface area contributed by atoms with Gasteiger partial charge in [-0.05, 0) is 49.2 Å². The third kappa shape index (κ3) is 5.99. The van der Waals surface area contributed by atoms with Crippen molar-refractivity contribution in [3.63, 3.8) is 0 Å². The summed E-state index contributed by atoms with van der Waals surface area (Å²) in [6, 6.07) is 19.3. The highest BCUT2D eigenvalue weighted by Crippen LogP contribution is 2.27. The monoisotopic (exact) mass is 488 g/mol. The number of piperidine rings is 1. The van der Waals surface area contributed by atoms with Crippen molar-refractivity contribution in [2.45, 2.75) is 18.9 Å². The van der Waals surface area contributed by atoms with Crippen LogP contribution in [0.15, 0.2) is 72.9 Å². The number of nitrogens with one attached hydrogen (secondary N) is 1.